The number of hydrogen-bond donors (Lipinski definition) is 3. The Morgan fingerprint density at radius 2 is 1.89 bits per heavy atom. The lowest BCUT2D eigenvalue weighted by molar-refractivity contribution is 0.159. The van der Waals surface area contributed by atoms with E-state index in [4.69, 9.17) is 0 Å². The SMILES string of the molecule is CNN/C=C(/N=CC(C)(C)O)c1ccc(C)cc1. The first-order valence-corrected chi connectivity index (χ1v) is 5.89. The summed E-state index contributed by atoms with van der Waals surface area (Å²) in [5, 5.41) is 9.67. The molecule has 0 aliphatic heterocycles. The van der Waals surface area contributed by atoms with Crippen molar-refractivity contribution in [2.24, 2.45) is 4.99 Å². The van der Waals surface area contributed by atoms with E-state index in [0.717, 1.165) is 11.3 Å². The van der Waals surface area contributed by atoms with Gasteiger partial charge in [0.25, 0.3) is 0 Å². The third kappa shape index (κ3) is 5.12. The molecule has 0 aromatic heterocycles. The highest BCUT2D eigenvalue weighted by Gasteiger charge is 2.08. The molecule has 4 nitrogen and oxygen atoms in total. The summed E-state index contributed by atoms with van der Waals surface area (Å²) in [4.78, 5) is 4.32. The second kappa shape index (κ2) is 6.33. The molecule has 18 heavy (non-hydrogen) atoms. The van der Waals surface area contributed by atoms with Gasteiger partial charge in [0.15, 0.2) is 0 Å². The minimum Gasteiger partial charge on any atom is -0.385 e. The van der Waals surface area contributed by atoms with Crippen LogP contribution >= 0.6 is 0 Å². The highest BCUT2D eigenvalue weighted by molar-refractivity contribution is 5.77. The fourth-order valence-electron chi connectivity index (χ4n) is 1.29. The first kappa shape index (κ1) is 14.4. The van der Waals surface area contributed by atoms with Crippen molar-refractivity contribution in [2.75, 3.05) is 7.05 Å². The molecule has 98 valence electrons. The van der Waals surface area contributed by atoms with E-state index >= 15 is 0 Å². The van der Waals surface area contributed by atoms with E-state index < -0.39 is 5.60 Å². The first-order chi connectivity index (χ1) is 8.42. The molecule has 0 saturated carbocycles. The molecular weight excluding hydrogens is 226 g/mol. The van der Waals surface area contributed by atoms with Gasteiger partial charge in [-0.15, -0.1) is 0 Å². The molecule has 0 radical (unpaired) electrons. The monoisotopic (exact) mass is 247 g/mol. The molecule has 0 aliphatic carbocycles. The maximum absolute atomic E-state index is 9.67. The number of aryl methyl sites for hydroxylation is 1. The third-order valence-electron chi connectivity index (χ3n) is 2.22. The fourth-order valence-corrected chi connectivity index (χ4v) is 1.29. The summed E-state index contributed by atoms with van der Waals surface area (Å²) in [5.74, 6) is 0. The van der Waals surface area contributed by atoms with Crippen LogP contribution in [0.2, 0.25) is 0 Å². The van der Waals surface area contributed by atoms with Crippen LogP contribution in [0.5, 0.6) is 0 Å². The van der Waals surface area contributed by atoms with Crippen LogP contribution in [0.1, 0.15) is 25.0 Å². The minimum absolute atomic E-state index is 0.756. The third-order valence-corrected chi connectivity index (χ3v) is 2.22. The number of aliphatic imine (C=N–C) groups is 1. The summed E-state index contributed by atoms with van der Waals surface area (Å²) in [7, 11) is 1.78. The summed E-state index contributed by atoms with van der Waals surface area (Å²) in [5.41, 5.74) is 7.72. The van der Waals surface area contributed by atoms with Gasteiger partial charge in [-0.05, 0) is 20.8 Å². The maximum Gasteiger partial charge on any atom is 0.0941 e. The lowest BCUT2D eigenvalue weighted by Gasteiger charge is -2.11. The quantitative estimate of drug-likeness (QED) is 0.550. The number of nitrogens with one attached hydrogen (secondary N) is 2. The second-order valence-electron chi connectivity index (χ2n) is 4.70. The smallest absolute Gasteiger partial charge is 0.0941 e. The largest absolute Gasteiger partial charge is 0.385 e. The number of nitrogens with zero attached hydrogens (tertiary/aromatic N) is 1. The van der Waals surface area contributed by atoms with Crippen molar-refractivity contribution in [3.63, 3.8) is 0 Å². The van der Waals surface area contributed by atoms with Gasteiger partial charge in [0.2, 0.25) is 0 Å². The van der Waals surface area contributed by atoms with Gasteiger partial charge in [-0.2, -0.15) is 0 Å². The highest BCUT2D eigenvalue weighted by atomic mass is 16.3. The summed E-state index contributed by atoms with van der Waals surface area (Å²) in [6.45, 7) is 5.42. The Hall–Kier alpha value is -1.65. The van der Waals surface area contributed by atoms with E-state index in [9.17, 15) is 5.11 Å². The number of hydrazine groups is 1. The topological polar surface area (TPSA) is 56.7 Å². The highest BCUT2D eigenvalue weighted by Crippen LogP contribution is 2.16. The molecule has 4 heteroatoms. The van der Waals surface area contributed by atoms with Gasteiger partial charge in [0, 0.05) is 25.0 Å². The van der Waals surface area contributed by atoms with Crippen LogP contribution in [0.4, 0.5) is 0 Å². The van der Waals surface area contributed by atoms with Crippen molar-refractivity contribution in [1.82, 2.24) is 10.9 Å². The molecule has 3 N–H and O–H groups in total. The summed E-state index contributed by atoms with van der Waals surface area (Å²) in [6.07, 6.45) is 3.28. The van der Waals surface area contributed by atoms with Gasteiger partial charge in [-0.3, -0.25) is 4.99 Å². The van der Waals surface area contributed by atoms with Gasteiger partial charge in [-0.1, -0.05) is 29.8 Å². The number of hydrogen-bond acceptors (Lipinski definition) is 4. The lowest BCUT2D eigenvalue weighted by atomic mass is 10.1. The average molecular weight is 247 g/mol. The van der Waals surface area contributed by atoms with Gasteiger partial charge in [-0.25, -0.2) is 5.43 Å². The summed E-state index contributed by atoms with van der Waals surface area (Å²) in [6, 6.07) is 8.06. The molecule has 0 unspecified atom stereocenters. The van der Waals surface area contributed by atoms with Gasteiger partial charge < -0.3 is 10.5 Å². The molecule has 0 bridgehead atoms. The Morgan fingerprint density at radius 1 is 1.28 bits per heavy atom. The second-order valence-corrected chi connectivity index (χ2v) is 4.70. The zero-order chi connectivity index (χ0) is 13.6. The predicted molar refractivity (Wildman–Crippen MR) is 76.1 cm³/mol. The fraction of sp³-hybridized carbons (Fsp3) is 0.357. The number of rotatable bonds is 5. The summed E-state index contributed by atoms with van der Waals surface area (Å²) >= 11 is 0. The van der Waals surface area contributed by atoms with E-state index in [1.54, 1.807) is 27.1 Å². The van der Waals surface area contributed by atoms with Gasteiger partial charge in [0.1, 0.15) is 0 Å². The standard InChI is InChI=1S/C14H21N3O/c1-11-5-7-12(8-6-11)13(9-17-15-4)16-10-14(2,3)18/h5-10,15,17-18H,1-4H3/b13-9+,16-10?. The van der Waals surface area contributed by atoms with Crippen molar-refractivity contribution >= 4 is 11.9 Å². The van der Waals surface area contributed by atoms with Crippen LogP contribution in [0, 0.1) is 6.92 Å². The van der Waals surface area contributed by atoms with E-state index in [-0.39, 0.29) is 0 Å². The van der Waals surface area contributed by atoms with E-state index in [0.29, 0.717) is 0 Å². The molecule has 1 aromatic carbocycles. The summed E-state index contributed by atoms with van der Waals surface area (Å²) < 4.78 is 0. The Kier molecular flexibility index (Phi) is 5.07. The van der Waals surface area contributed by atoms with Crippen molar-refractivity contribution in [3.05, 3.63) is 41.6 Å². The molecule has 1 rings (SSSR count). The molecule has 0 atom stereocenters. The normalized spacial score (nSPS) is 13.1. The Labute approximate surface area is 108 Å². The van der Waals surface area contributed by atoms with Crippen LogP contribution in [-0.4, -0.2) is 24.0 Å². The number of benzene rings is 1. The van der Waals surface area contributed by atoms with Crippen molar-refractivity contribution in [2.45, 2.75) is 26.4 Å². The maximum atomic E-state index is 9.67. The Balaban J connectivity index is 2.99. The lowest BCUT2D eigenvalue weighted by Crippen LogP contribution is -2.22. The molecule has 0 heterocycles. The van der Waals surface area contributed by atoms with Crippen LogP contribution in [0.3, 0.4) is 0 Å². The Bertz CT molecular complexity index is 427. The van der Waals surface area contributed by atoms with E-state index in [1.165, 1.54) is 11.8 Å². The van der Waals surface area contributed by atoms with Crippen LogP contribution in [-0.2, 0) is 0 Å². The van der Waals surface area contributed by atoms with E-state index in [2.05, 4.69) is 15.8 Å². The molecular formula is C14H21N3O. The molecule has 0 fully saturated rings. The van der Waals surface area contributed by atoms with Crippen molar-refractivity contribution < 1.29 is 5.11 Å². The minimum atomic E-state index is -0.927. The first-order valence-electron chi connectivity index (χ1n) is 5.89. The van der Waals surface area contributed by atoms with Crippen LogP contribution < -0.4 is 10.9 Å². The molecule has 0 amide bonds. The van der Waals surface area contributed by atoms with Crippen LogP contribution in [0.15, 0.2) is 35.5 Å². The van der Waals surface area contributed by atoms with Crippen LogP contribution in [0.25, 0.3) is 5.70 Å². The molecule has 0 saturated heterocycles. The van der Waals surface area contributed by atoms with Gasteiger partial charge >= 0.3 is 0 Å². The predicted octanol–water partition coefficient (Wildman–Crippen LogP) is 1.86. The van der Waals surface area contributed by atoms with E-state index in [1.807, 2.05) is 31.2 Å². The molecule has 0 spiro atoms. The van der Waals surface area contributed by atoms with Gasteiger partial charge in [0.05, 0.1) is 11.3 Å². The van der Waals surface area contributed by atoms with Crippen molar-refractivity contribution in [3.8, 4) is 0 Å². The average Bonchev–Trinajstić information content (AvgIpc) is 2.29. The zero-order valence-corrected chi connectivity index (χ0v) is 11.4. The van der Waals surface area contributed by atoms with Crippen molar-refractivity contribution in [1.29, 1.82) is 0 Å². The molecule has 0 aliphatic rings. The number of aliphatic hydroxyl groups is 1. The zero-order valence-electron chi connectivity index (χ0n) is 11.4. The molecule has 1 aromatic rings. The Morgan fingerprint density at radius 3 is 2.39 bits per heavy atom.